The Bertz CT molecular complexity index is 1050. The van der Waals surface area contributed by atoms with Crippen molar-refractivity contribution in [3.8, 4) is 5.69 Å². The number of carbonyl (C=O) groups is 1. The highest BCUT2D eigenvalue weighted by molar-refractivity contribution is 5.95. The first-order valence-electron chi connectivity index (χ1n) is 9.09. The molecule has 0 radical (unpaired) electrons. The average molecular weight is 359 g/mol. The molecule has 5 nitrogen and oxygen atoms in total. The van der Waals surface area contributed by atoms with E-state index in [1.165, 1.54) is 0 Å². The van der Waals surface area contributed by atoms with Crippen LogP contribution in [0.25, 0.3) is 16.7 Å². The fourth-order valence-electron chi connectivity index (χ4n) is 3.26. The molecule has 0 bridgehead atoms. The minimum atomic E-state index is -0.241. The van der Waals surface area contributed by atoms with Crippen molar-refractivity contribution in [2.45, 2.75) is 26.3 Å². The molecule has 0 spiro atoms. The molecule has 2 aromatic heterocycles. The molecule has 0 fully saturated rings. The highest BCUT2D eigenvalue weighted by Crippen LogP contribution is 2.24. The minimum absolute atomic E-state index is 0.151. The molecule has 4 rings (SSSR count). The molecule has 136 valence electrons. The summed E-state index contributed by atoms with van der Waals surface area (Å²) in [4.78, 5) is 12.9. The maximum absolute atomic E-state index is 12.9. The van der Waals surface area contributed by atoms with E-state index in [0.29, 0.717) is 12.0 Å². The Kier molecular flexibility index (Phi) is 4.50. The summed E-state index contributed by atoms with van der Waals surface area (Å²) in [5.74, 6) is 0.583. The Morgan fingerprint density at radius 1 is 1.15 bits per heavy atom. The van der Waals surface area contributed by atoms with Crippen LogP contribution in [0, 0.1) is 0 Å². The lowest BCUT2D eigenvalue weighted by Crippen LogP contribution is -2.27. The first-order valence-corrected chi connectivity index (χ1v) is 9.09. The average Bonchev–Trinajstić information content (AvgIpc) is 3.32. The highest BCUT2D eigenvalue weighted by Gasteiger charge is 2.20. The first-order chi connectivity index (χ1) is 13.2. The SMILES string of the molecule is CCc1c(C(=O)NC(C)c2cc3ccccc3o2)cnn1-c1ccccc1. The van der Waals surface area contributed by atoms with Crippen molar-refractivity contribution in [2.24, 2.45) is 0 Å². The normalized spacial score (nSPS) is 12.2. The molecular formula is C22H21N3O2. The molecule has 0 saturated heterocycles. The number of furan rings is 1. The van der Waals surface area contributed by atoms with Crippen LogP contribution in [0.15, 0.2) is 71.3 Å². The van der Waals surface area contributed by atoms with Gasteiger partial charge in [0, 0.05) is 5.39 Å². The number of fused-ring (bicyclic) bond motifs is 1. The largest absolute Gasteiger partial charge is 0.459 e. The van der Waals surface area contributed by atoms with Gasteiger partial charge in [0.25, 0.3) is 5.91 Å². The summed E-state index contributed by atoms with van der Waals surface area (Å²) in [5, 5.41) is 8.48. The maximum atomic E-state index is 12.9. The number of nitrogens with zero attached hydrogens (tertiary/aromatic N) is 2. The molecule has 2 aromatic carbocycles. The highest BCUT2D eigenvalue weighted by atomic mass is 16.3. The fraction of sp³-hybridized carbons (Fsp3) is 0.182. The molecule has 1 amide bonds. The van der Waals surface area contributed by atoms with E-state index < -0.39 is 0 Å². The standard InChI is InChI=1S/C22H21N3O2/c1-3-19-18(14-23-25(19)17-10-5-4-6-11-17)22(26)24-15(2)21-13-16-9-7-8-12-20(16)27-21/h4-15H,3H2,1-2H3,(H,24,26). The Hall–Kier alpha value is -3.34. The van der Waals surface area contributed by atoms with Gasteiger partial charge in [-0.05, 0) is 37.6 Å². The number of carbonyl (C=O) groups excluding carboxylic acids is 1. The maximum Gasteiger partial charge on any atom is 0.255 e. The van der Waals surface area contributed by atoms with Crippen molar-refractivity contribution < 1.29 is 9.21 Å². The van der Waals surface area contributed by atoms with E-state index in [-0.39, 0.29) is 11.9 Å². The molecular weight excluding hydrogens is 338 g/mol. The van der Waals surface area contributed by atoms with Gasteiger partial charge in [-0.15, -0.1) is 0 Å². The van der Waals surface area contributed by atoms with E-state index in [1.807, 2.05) is 79.2 Å². The summed E-state index contributed by atoms with van der Waals surface area (Å²) in [6.45, 7) is 3.94. The zero-order valence-electron chi connectivity index (χ0n) is 15.3. The molecule has 4 aromatic rings. The van der Waals surface area contributed by atoms with E-state index >= 15 is 0 Å². The molecule has 1 atom stereocenters. The lowest BCUT2D eigenvalue weighted by molar-refractivity contribution is 0.0934. The molecule has 1 unspecified atom stereocenters. The molecule has 0 aliphatic rings. The number of hydrogen-bond donors (Lipinski definition) is 1. The Morgan fingerprint density at radius 3 is 2.63 bits per heavy atom. The van der Waals surface area contributed by atoms with Crippen LogP contribution in [0.5, 0.6) is 0 Å². The molecule has 0 saturated carbocycles. The summed E-state index contributed by atoms with van der Waals surface area (Å²) in [6, 6.07) is 19.4. The Morgan fingerprint density at radius 2 is 1.89 bits per heavy atom. The number of hydrogen-bond acceptors (Lipinski definition) is 3. The molecule has 5 heteroatoms. The first kappa shape index (κ1) is 17.1. The second kappa shape index (κ2) is 7.11. The van der Waals surface area contributed by atoms with Crippen molar-refractivity contribution in [3.05, 3.63) is 83.9 Å². The van der Waals surface area contributed by atoms with E-state index in [2.05, 4.69) is 10.4 Å². The number of nitrogens with one attached hydrogen (secondary N) is 1. The topological polar surface area (TPSA) is 60.1 Å². The van der Waals surface area contributed by atoms with Crippen molar-refractivity contribution in [3.63, 3.8) is 0 Å². The number of para-hydroxylation sites is 2. The van der Waals surface area contributed by atoms with E-state index in [9.17, 15) is 4.79 Å². The fourth-order valence-corrected chi connectivity index (χ4v) is 3.26. The van der Waals surface area contributed by atoms with Crippen LogP contribution in [-0.4, -0.2) is 15.7 Å². The molecule has 0 aliphatic heterocycles. The zero-order chi connectivity index (χ0) is 18.8. The van der Waals surface area contributed by atoms with Crippen LogP contribution in [0.1, 0.15) is 41.7 Å². The van der Waals surface area contributed by atoms with Crippen molar-refractivity contribution in [1.82, 2.24) is 15.1 Å². The zero-order valence-corrected chi connectivity index (χ0v) is 15.3. The van der Waals surface area contributed by atoms with Crippen LogP contribution in [0.3, 0.4) is 0 Å². The monoisotopic (exact) mass is 359 g/mol. The molecule has 1 N–H and O–H groups in total. The van der Waals surface area contributed by atoms with Crippen molar-refractivity contribution in [1.29, 1.82) is 0 Å². The van der Waals surface area contributed by atoms with Gasteiger partial charge in [-0.1, -0.05) is 43.3 Å². The molecule has 0 aliphatic carbocycles. The third-order valence-electron chi connectivity index (χ3n) is 4.67. The predicted molar refractivity (Wildman–Crippen MR) is 105 cm³/mol. The van der Waals surface area contributed by atoms with Crippen LogP contribution in [0.2, 0.25) is 0 Å². The van der Waals surface area contributed by atoms with Crippen molar-refractivity contribution >= 4 is 16.9 Å². The van der Waals surface area contributed by atoms with Gasteiger partial charge in [0.05, 0.1) is 29.2 Å². The number of rotatable bonds is 5. The van der Waals surface area contributed by atoms with Gasteiger partial charge in [0.2, 0.25) is 0 Å². The van der Waals surface area contributed by atoms with Gasteiger partial charge in [-0.25, -0.2) is 4.68 Å². The number of amides is 1. The third kappa shape index (κ3) is 3.24. The smallest absolute Gasteiger partial charge is 0.255 e. The van der Waals surface area contributed by atoms with E-state index in [0.717, 1.165) is 28.1 Å². The van der Waals surface area contributed by atoms with Gasteiger partial charge < -0.3 is 9.73 Å². The lowest BCUT2D eigenvalue weighted by Gasteiger charge is -2.12. The summed E-state index contributed by atoms with van der Waals surface area (Å²) >= 11 is 0. The van der Waals surface area contributed by atoms with Crippen molar-refractivity contribution in [2.75, 3.05) is 0 Å². The quantitative estimate of drug-likeness (QED) is 0.563. The summed E-state index contributed by atoms with van der Waals surface area (Å²) in [7, 11) is 0. The van der Waals surface area contributed by atoms with Gasteiger partial charge >= 0.3 is 0 Å². The minimum Gasteiger partial charge on any atom is -0.459 e. The van der Waals surface area contributed by atoms with Crippen LogP contribution in [-0.2, 0) is 6.42 Å². The second-order valence-electron chi connectivity index (χ2n) is 6.49. The third-order valence-corrected chi connectivity index (χ3v) is 4.67. The molecule has 27 heavy (non-hydrogen) atoms. The Balaban J connectivity index is 1.58. The summed E-state index contributed by atoms with van der Waals surface area (Å²) in [6.07, 6.45) is 2.34. The van der Waals surface area contributed by atoms with Crippen LogP contribution in [0.4, 0.5) is 0 Å². The lowest BCUT2D eigenvalue weighted by atomic mass is 10.1. The van der Waals surface area contributed by atoms with E-state index in [1.54, 1.807) is 6.20 Å². The van der Waals surface area contributed by atoms with E-state index in [4.69, 9.17) is 4.42 Å². The second-order valence-corrected chi connectivity index (χ2v) is 6.49. The number of aromatic nitrogens is 2. The molecule has 2 heterocycles. The summed E-state index contributed by atoms with van der Waals surface area (Å²) < 4.78 is 7.68. The van der Waals surface area contributed by atoms with Gasteiger partial charge in [-0.2, -0.15) is 5.10 Å². The Labute approximate surface area is 157 Å². The van der Waals surface area contributed by atoms with Crippen LogP contribution >= 0.6 is 0 Å². The number of benzene rings is 2. The summed E-state index contributed by atoms with van der Waals surface area (Å²) in [5.41, 5.74) is 3.23. The van der Waals surface area contributed by atoms with Crippen LogP contribution < -0.4 is 5.32 Å². The predicted octanol–water partition coefficient (Wildman–Crippen LogP) is 4.67. The van der Waals surface area contributed by atoms with Gasteiger partial charge in [0.15, 0.2) is 0 Å². The van der Waals surface area contributed by atoms with Gasteiger partial charge in [-0.3, -0.25) is 4.79 Å². The van der Waals surface area contributed by atoms with Gasteiger partial charge in [0.1, 0.15) is 11.3 Å².